The molecule has 7 aliphatic rings. The van der Waals surface area contributed by atoms with Gasteiger partial charge in [-0.25, -0.2) is 8.78 Å². The van der Waals surface area contributed by atoms with E-state index in [-0.39, 0.29) is 34.6 Å². The van der Waals surface area contributed by atoms with Crippen molar-refractivity contribution in [2.75, 3.05) is 32.7 Å². The number of hydrogen-bond acceptors (Lipinski definition) is 5. The third-order valence-corrected chi connectivity index (χ3v) is 15.9. The topological polar surface area (TPSA) is 64.0 Å². The van der Waals surface area contributed by atoms with E-state index in [2.05, 4.69) is 78.3 Å². The number of hydrogen-bond donors (Lipinski definition) is 2. The summed E-state index contributed by atoms with van der Waals surface area (Å²) in [6.45, 7) is 8.55. The van der Waals surface area contributed by atoms with E-state index < -0.39 is 39.6 Å². The number of β-amino-alcohol motifs (C(OH)–C–C–N with tert-alkyl or cyclic N) is 1. The molecule has 8 heteroatoms. The van der Waals surface area contributed by atoms with Gasteiger partial charge in [-0.1, -0.05) is 86.1 Å². The van der Waals surface area contributed by atoms with Crippen LogP contribution in [-0.2, 0) is 0 Å². The first-order valence-corrected chi connectivity index (χ1v) is 20.3. The molecule has 3 aromatic carbocycles. The third-order valence-electron chi connectivity index (χ3n) is 15.7. The predicted molar refractivity (Wildman–Crippen MR) is 207 cm³/mol. The van der Waals surface area contributed by atoms with Gasteiger partial charge in [0.15, 0.2) is 17.4 Å². The van der Waals surface area contributed by atoms with Gasteiger partial charge < -0.3 is 10.2 Å². The number of benzene rings is 3. The standard InChI is InChI=1S/C46H51ClF2N2O3/c1-42-17-14-34(52)27-44(42)20-21-46(35(28-44)41(53)32-10-13-36(48)37(49)26-32)38(42)15-18-43(2)39(46)16-19-45(43,54)29-50-22-24-51(25-23-50)40(30-6-4-3-5-7-30)31-8-11-33(47)12-9-31/h3-13,20-21,26,28,34,38-40,52,54H,14-19,22-25,27,29H2,1-2H3. The van der Waals surface area contributed by atoms with Gasteiger partial charge in [-0.2, -0.15) is 0 Å². The molecule has 5 nitrogen and oxygen atoms in total. The first kappa shape index (κ1) is 36.4. The molecule has 2 spiro atoms. The Bertz CT molecular complexity index is 2020. The molecule has 2 N–H and O–H groups in total. The van der Waals surface area contributed by atoms with Gasteiger partial charge in [-0.05, 0) is 104 Å². The van der Waals surface area contributed by atoms with Crippen molar-refractivity contribution in [1.82, 2.24) is 9.80 Å². The second-order valence-corrected chi connectivity index (χ2v) is 18.4. The maximum atomic E-state index is 14.7. The van der Waals surface area contributed by atoms with Crippen LogP contribution >= 0.6 is 11.6 Å². The van der Waals surface area contributed by atoms with Crippen LogP contribution in [0.1, 0.15) is 86.3 Å². The smallest absolute Gasteiger partial charge is 0.189 e. The van der Waals surface area contributed by atoms with E-state index in [0.717, 1.165) is 75.4 Å². The van der Waals surface area contributed by atoms with Crippen molar-refractivity contribution >= 4 is 17.4 Å². The molecule has 0 aromatic heterocycles. The Labute approximate surface area is 322 Å². The SMILES string of the molecule is CC12CCC(O)CC13C=CC1(C(C(=O)c4ccc(F)c(F)c4)=C3)C2CCC2(C)C1CCC2(O)CN1CCN(C(c2ccccc2)c2ccc(Cl)cc2)CC1. The fourth-order valence-electron chi connectivity index (χ4n) is 12.8. The van der Waals surface area contributed by atoms with Gasteiger partial charge in [0.2, 0.25) is 0 Å². The largest absolute Gasteiger partial charge is 0.393 e. The van der Waals surface area contributed by atoms with Crippen LogP contribution in [0.3, 0.4) is 0 Å². The van der Waals surface area contributed by atoms with Crippen molar-refractivity contribution in [2.24, 2.45) is 33.5 Å². The van der Waals surface area contributed by atoms with Crippen molar-refractivity contribution in [3.63, 3.8) is 0 Å². The van der Waals surface area contributed by atoms with Crippen molar-refractivity contribution in [3.8, 4) is 0 Å². The highest BCUT2D eigenvalue weighted by Gasteiger charge is 2.74. The number of fused-ring (bicyclic) bond motifs is 1. The zero-order valence-corrected chi connectivity index (χ0v) is 32.0. The molecule has 1 heterocycles. The minimum Gasteiger partial charge on any atom is -0.393 e. The Morgan fingerprint density at radius 3 is 2.22 bits per heavy atom. The molecule has 0 radical (unpaired) electrons. The van der Waals surface area contributed by atoms with E-state index in [9.17, 15) is 23.8 Å². The van der Waals surface area contributed by atoms with E-state index in [0.29, 0.717) is 25.0 Å². The number of carbonyl (C=O) groups excluding carboxylic acids is 1. The molecule has 6 aliphatic carbocycles. The number of Topliss-reactive ketones (excluding diaryl/α,β-unsaturated/α-hetero) is 1. The molecule has 1 aliphatic heterocycles. The summed E-state index contributed by atoms with van der Waals surface area (Å²) in [5.41, 5.74) is 0.491. The maximum Gasteiger partial charge on any atom is 0.189 e. The van der Waals surface area contributed by atoms with E-state index in [1.165, 1.54) is 17.2 Å². The van der Waals surface area contributed by atoms with Crippen molar-refractivity contribution in [1.29, 1.82) is 0 Å². The van der Waals surface area contributed by atoms with E-state index >= 15 is 0 Å². The van der Waals surface area contributed by atoms with Crippen LogP contribution in [0.4, 0.5) is 8.78 Å². The Kier molecular flexibility index (Phi) is 8.72. The number of aliphatic hydroxyl groups excluding tert-OH is 1. The Morgan fingerprint density at radius 2 is 1.50 bits per heavy atom. The Morgan fingerprint density at radius 1 is 0.833 bits per heavy atom. The average molecular weight is 753 g/mol. The fourth-order valence-corrected chi connectivity index (χ4v) is 13.0. The minimum atomic E-state index is -1.03. The molecular formula is C46H51ClF2N2O3. The molecule has 54 heavy (non-hydrogen) atoms. The van der Waals surface area contributed by atoms with Crippen molar-refractivity contribution in [3.05, 3.63) is 130 Å². The average Bonchev–Trinajstić information content (AvgIpc) is 3.44. The van der Waals surface area contributed by atoms with Crippen LogP contribution in [0.5, 0.6) is 0 Å². The number of ketones is 1. The predicted octanol–water partition coefficient (Wildman–Crippen LogP) is 8.80. The lowest BCUT2D eigenvalue weighted by Gasteiger charge is -2.71. The number of nitrogens with zero attached hydrogens (tertiary/aromatic N) is 2. The molecule has 9 atom stereocenters. The summed E-state index contributed by atoms with van der Waals surface area (Å²) in [4.78, 5) is 19.7. The van der Waals surface area contributed by atoms with Gasteiger partial charge in [-0.3, -0.25) is 14.6 Å². The van der Waals surface area contributed by atoms with Gasteiger partial charge in [0.1, 0.15) is 0 Å². The quantitative estimate of drug-likeness (QED) is 0.187. The van der Waals surface area contributed by atoms with E-state index in [1.54, 1.807) is 0 Å². The molecule has 9 unspecified atom stereocenters. The molecule has 284 valence electrons. The summed E-state index contributed by atoms with van der Waals surface area (Å²) < 4.78 is 28.7. The molecule has 1 saturated heterocycles. The van der Waals surface area contributed by atoms with Crippen LogP contribution in [0.15, 0.2) is 96.6 Å². The number of aliphatic hydroxyl groups is 2. The van der Waals surface area contributed by atoms with Gasteiger partial charge >= 0.3 is 0 Å². The molecule has 0 amide bonds. The molecular weight excluding hydrogens is 702 g/mol. The van der Waals surface area contributed by atoms with E-state index in [1.807, 2.05) is 18.2 Å². The number of halogens is 3. The molecule has 2 bridgehead atoms. The number of piperazine rings is 1. The van der Waals surface area contributed by atoms with E-state index in [4.69, 9.17) is 11.6 Å². The lowest BCUT2D eigenvalue weighted by molar-refractivity contribution is -0.177. The summed E-state index contributed by atoms with van der Waals surface area (Å²) >= 11 is 6.28. The monoisotopic (exact) mass is 752 g/mol. The van der Waals surface area contributed by atoms with Crippen LogP contribution in [0.25, 0.3) is 0 Å². The molecule has 3 saturated carbocycles. The van der Waals surface area contributed by atoms with Crippen molar-refractivity contribution < 1.29 is 23.8 Å². The van der Waals surface area contributed by atoms with Crippen LogP contribution in [0.2, 0.25) is 5.02 Å². The third kappa shape index (κ3) is 5.25. The van der Waals surface area contributed by atoms with Gasteiger partial charge in [0.05, 0.1) is 17.7 Å². The van der Waals surface area contributed by atoms with Crippen LogP contribution in [0, 0.1) is 45.1 Å². The molecule has 4 fully saturated rings. The summed E-state index contributed by atoms with van der Waals surface area (Å²) in [7, 11) is 0. The molecule has 10 rings (SSSR count). The van der Waals surface area contributed by atoms with Gasteiger partial charge in [0, 0.05) is 65.1 Å². The van der Waals surface area contributed by atoms with Crippen LogP contribution < -0.4 is 0 Å². The zero-order chi connectivity index (χ0) is 37.7. The summed E-state index contributed by atoms with van der Waals surface area (Å²) in [5.74, 6) is -2.16. The summed E-state index contributed by atoms with van der Waals surface area (Å²) in [6, 6.07) is 22.3. The fraction of sp³-hybridized carbons (Fsp3) is 0.500. The summed E-state index contributed by atoms with van der Waals surface area (Å²) in [6.07, 6.45) is 11.4. The normalized spacial score (nSPS) is 38.0. The lowest BCUT2D eigenvalue weighted by atomic mass is 9.32. The highest BCUT2D eigenvalue weighted by molar-refractivity contribution is 6.30. The number of rotatable bonds is 7. The lowest BCUT2D eigenvalue weighted by Crippen LogP contribution is -2.67. The Balaban J connectivity index is 1.01. The first-order valence-electron chi connectivity index (χ1n) is 19.9. The second-order valence-electron chi connectivity index (χ2n) is 17.9. The highest BCUT2D eigenvalue weighted by atomic mass is 35.5. The summed E-state index contributed by atoms with van der Waals surface area (Å²) in [5, 5.41) is 24.7. The number of allylic oxidation sites excluding steroid dienone is 4. The number of carbonyl (C=O) groups is 1. The Hall–Kier alpha value is -3.20. The minimum absolute atomic E-state index is 0.0128. The highest BCUT2D eigenvalue weighted by Crippen LogP contribution is 2.78. The van der Waals surface area contributed by atoms with Gasteiger partial charge in [-0.15, -0.1) is 0 Å². The zero-order valence-electron chi connectivity index (χ0n) is 31.3. The first-order chi connectivity index (χ1) is 25.8. The van der Waals surface area contributed by atoms with Crippen LogP contribution in [-0.4, -0.2) is 70.2 Å². The van der Waals surface area contributed by atoms with Crippen molar-refractivity contribution in [2.45, 2.75) is 76.5 Å². The van der Waals surface area contributed by atoms with Gasteiger partial charge in [0.25, 0.3) is 0 Å². The maximum absolute atomic E-state index is 14.7. The second kappa shape index (κ2) is 12.9. The molecule has 3 aromatic rings.